The molecule has 4 aromatic rings. The van der Waals surface area contributed by atoms with E-state index in [1.54, 1.807) is 11.0 Å². The van der Waals surface area contributed by atoms with Gasteiger partial charge in [0.15, 0.2) is 0 Å². The molecule has 0 spiro atoms. The van der Waals surface area contributed by atoms with E-state index >= 15 is 0 Å². The molecular weight excluding hydrogens is 368 g/mol. The minimum atomic E-state index is -0.167. The van der Waals surface area contributed by atoms with Crippen LogP contribution in [0.1, 0.15) is 59.0 Å². The predicted octanol–water partition coefficient (Wildman–Crippen LogP) is 3.48. The largest absolute Gasteiger partial charge is 0.345 e. The molecule has 1 atom stereocenters. The smallest absolute Gasteiger partial charge is 0.259 e. The van der Waals surface area contributed by atoms with Crippen LogP contribution in [0.5, 0.6) is 0 Å². The lowest BCUT2D eigenvalue weighted by atomic mass is 10.0. The number of rotatable bonds is 5. The molecular formula is C21H20N6O2. The van der Waals surface area contributed by atoms with Gasteiger partial charge in [0.1, 0.15) is 12.7 Å². The summed E-state index contributed by atoms with van der Waals surface area (Å²) in [6, 6.07) is 9.58. The molecule has 1 saturated carbocycles. The maximum atomic E-state index is 13.1. The normalized spacial score (nSPS) is 14.8. The Kier molecular flexibility index (Phi) is 4.12. The van der Waals surface area contributed by atoms with Gasteiger partial charge in [0.2, 0.25) is 0 Å². The molecule has 0 saturated heterocycles. The number of hydrogen-bond acceptors (Lipinski definition) is 6. The van der Waals surface area contributed by atoms with Crippen LogP contribution in [-0.2, 0) is 0 Å². The number of carbonyl (C=O) groups excluding carboxylic acids is 1. The van der Waals surface area contributed by atoms with E-state index in [1.165, 1.54) is 6.33 Å². The first-order valence-electron chi connectivity index (χ1n) is 9.63. The fraction of sp³-hybridized carbons (Fsp3) is 0.286. The number of amides is 1. The number of carbonyl (C=O) groups is 1. The third-order valence-corrected chi connectivity index (χ3v) is 5.30. The molecule has 8 nitrogen and oxygen atoms in total. The first-order chi connectivity index (χ1) is 14.1. The molecule has 5 rings (SSSR count). The summed E-state index contributed by atoms with van der Waals surface area (Å²) in [5, 5.41) is 11.9. The van der Waals surface area contributed by atoms with Crippen LogP contribution in [-0.4, -0.2) is 30.8 Å². The van der Waals surface area contributed by atoms with Gasteiger partial charge >= 0.3 is 0 Å². The molecule has 29 heavy (non-hydrogen) atoms. The molecule has 1 aromatic carbocycles. The van der Waals surface area contributed by atoms with Gasteiger partial charge in [-0.2, -0.15) is 5.10 Å². The Morgan fingerprint density at radius 1 is 1.28 bits per heavy atom. The van der Waals surface area contributed by atoms with Crippen molar-refractivity contribution in [1.29, 1.82) is 0 Å². The molecule has 3 heterocycles. The predicted molar refractivity (Wildman–Crippen MR) is 106 cm³/mol. The van der Waals surface area contributed by atoms with Crippen LogP contribution in [0.15, 0.2) is 47.5 Å². The Labute approximate surface area is 166 Å². The molecule has 0 radical (unpaired) electrons. The fourth-order valence-corrected chi connectivity index (χ4v) is 3.50. The molecule has 3 aromatic heterocycles. The van der Waals surface area contributed by atoms with Gasteiger partial charge in [-0.05, 0) is 50.5 Å². The molecule has 1 N–H and O–H groups in total. The van der Waals surface area contributed by atoms with Crippen molar-refractivity contribution in [1.82, 2.24) is 30.2 Å². The lowest BCUT2D eigenvalue weighted by molar-refractivity contribution is 0.0941. The lowest BCUT2D eigenvalue weighted by Crippen LogP contribution is -2.27. The number of nitrogens with zero attached hydrogens (tertiary/aromatic N) is 5. The van der Waals surface area contributed by atoms with Crippen molar-refractivity contribution in [3.63, 3.8) is 0 Å². The summed E-state index contributed by atoms with van der Waals surface area (Å²) >= 11 is 0. The van der Waals surface area contributed by atoms with Gasteiger partial charge in [0.25, 0.3) is 11.6 Å². The van der Waals surface area contributed by atoms with Gasteiger partial charge in [-0.15, -0.1) is 0 Å². The van der Waals surface area contributed by atoms with Crippen LogP contribution in [0.4, 0.5) is 0 Å². The molecule has 1 fully saturated rings. The second kappa shape index (κ2) is 6.80. The van der Waals surface area contributed by atoms with Crippen LogP contribution >= 0.6 is 0 Å². The van der Waals surface area contributed by atoms with Crippen LogP contribution in [0.25, 0.3) is 16.8 Å². The molecule has 1 aliphatic carbocycles. The van der Waals surface area contributed by atoms with E-state index in [0.717, 1.165) is 29.8 Å². The number of pyridine rings is 1. The molecule has 8 heteroatoms. The van der Waals surface area contributed by atoms with Gasteiger partial charge in [0, 0.05) is 11.6 Å². The summed E-state index contributed by atoms with van der Waals surface area (Å²) < 4.78 is 7.03. The molecule has 1 amide bonds. The van der Waals surface area contributed by atoms with E-state index in [-0.39, 0.29) is 11.9 Å². The highest BCUT2D eigenvalue weighted by Crippen LogP contribution is 2.40. The van der Waals surface area contributed by atoms with Crippen LogP contribution in [0.3, 0.4) is 0 Å². The number of fused-ring (bicyclic) bond motifs is 1. The van der Waals surface area contributed by atoms with Crippen molar-refractivity contribution in [2.75, 3.05) is 0 Å². The zero-order chi connectivity index (χ0) is 20.0. The van der Waals surface area contributed by atoms with Gasteiger partial charge in [0.05, 0.1) is 28.4 Å². The highest BCUT2D eigenvalue weighted by Gasteiger charge is 2.29. The van der Waals surface area contributed by atoms with Crippen molar-refractivity contribution >= 4 is 17.0 Å². The quantitative estimate of drug-likeness (QED) is 0.562. The van der Waals surface area contributed by atoms with Crippen molar-refractivity contribution in [2.45, 2.75) is 38.6 Å². The standard InChI is InChI=1S/C21H20N6O2/c1-12(14-5-7-16(8-6-14)27-11-22-10-23-27)24-20(28)17-9-18(15-3-4-15)25-21-19(17)13(2)26-29-21/h5-12,15H,3-4H2,1-2H3,(H,24,28). The summed E-state index contributed by atoms with van der Waals surface area (Å²) in [6.07, 6.45) is 5.34. The monoisotopic (exact) mass is 388 g/mol. The van der Waals surface area contributed by atoms with E-state index in [2.05, 4.69) is 25.5 Å². The Balaban J connectivity index is 1.40. The van der Waals surface area contributed by atoms with Gasteiger partial charge in [-0.1, -0.05) is 17.3 Å². The Hall–Kier alpha value is -3.55. The van der Waals surface area contributed by atoms with Gasteiger partial charge in [-0.3, -0.25) is 4.79 Å². The minimum absolute atomic E-state index is 0.154. The van der Waals surface area contributed by atoms with E-state index in [4.69, 9.17) is 4.52 Å². The zero-order valence-electron chi connectivity index (χ0n) is 16.2. The molecule has 146 valence electrons. The molecule has 0 bridgehead atoms. The highest BCUT2D eigenvalue weighted by molar-refractivity contribution is 6.06. The van der Waals surface area contributed by atoms with Crippen molar-refractivity contribution in [3.05, 3.63) is 65.5 Å². The summed E-state index contributed by atoms with van der Waals surface area (Å²) in [5.41, 5.74) is 4.49. The number of aromatic nitrogens is 5. The Morgan fingerprint density at radius 3 is 2.76 bits per heavy atom. The summed E-state index contributed by atoms with van der Waals surface area (Å²) in [4.78, 5) is 21.6. The van der Waals surface area contributed by atoms with E-state index in [0.29, 0.717) is 28.3 Å². The first kappa shape index (κ1) is 17.5. The second-order valence-electron chi connectivity index (χ2n) is 7.44. The number of nitrogens with one attached hydrogen (secondary N) is 1. The Bertz CT molecular complexity index is 1180. The van der Waals surface area contributed by atoms with Crippen LogP contribution < -0.4 is 5.32 Å². The first-order valence-corrected chi connectivity index (χ1v) is 9.63. The average molecular weight is 388 g/mol. The summed E-state index contributed by atoms with van der Waals surface area (Å²) in [6.45, 7) is 3.79. The second-order valence-corrected chi connectivity index (χ2v) is 7.44. The summed E-state index contributed by atoms with van der Waals surface area (Å²) in [7, 11) is 0. The minimum Gasteiger partial charge on any atom is -0.345 e. The Morgan fingerprint density at radius 2 is 2.07 bits per heavy atom. The number of aryl methyl sites for hydroxylation is 1. The van der Waals surface area contributed by atoms with Crippen LogP contribution in [0.2, 0.25) is 0 Å². The maximum absolute atomic E-state index is 13.1. The topological polar surface area (TPSA) is 98.7 Å². The van der Waals surface area contributed by atoms with Crippen molar-refractivity contribution in [2.24, 2.45) is 0 Å². The number of hydrogen-bond donors (Lipinski definition) is 1. The van der Waals surface area contributed by atoms with Crippen LogP contribution in [0, 0.1) is 6.92 Å². The molecule has 1 unspecified atom stereocenters. The SMILES string of the molecule is Cc1noc2nc(C3CC3)cc(C(=O)NC(C)c3ccc(-n4cncn4)cc3)c12. The third kappa shape index (κ3) is 3.26. The third-order valence-electron chi connectivity index (χ3n) is 5.30. The van der Waals surface area contributed by atoms with E-state index in [1.807, 2.05) is 44.2 Å². The van der Waals surface area contributed by atoms with Gasteiger partial charge in [-0.25, -0.2) is 14.6 Å². The molecule has 0 aliphatic heterocycles. The zero-order valence-corrected chi connectivity index (χ0v) is 16.2. The summed E-state index contributed by atoms with van der Waals surface area (Å²) in [5.74, 6) is 0.261. The highest BCUT2D eigenvalue weighted by atomic mass is 16.5. The number of benzene rings is 1. The van der Waals surface area contributed by atoms with E-state index < -0.39 is 0 Å². The fourth-order valence-electron chi connectivity index (χ4n) is 3.50. The van der Waals surface area contributed by atoms with Crippen molar-refractivity contribution in [3.8, 4) is 5.69 Å². The lowest BCUT2D eigenvalue weighted by Gasteiger charge is -2.15. The average Bonchev–Trinajstić information content (AvgIpc) is 3.31. The van der Waals surface area contributed by atoms with Gasteiger partial charge < -0.3 is 9.84 Å². The van der Waals surface area contributed by atoms with Crippen molar-refractivity contribution < 1.29 is 9.32 Å². The molecule has 1 aliphatic rings. The van der Waals surface area contributed by atoms with E-state index in [9.17, 15) is 4.79 Å². The maximum Gasteiger partial charge on any atom is 0.259 e.